The molecule has 0 aliphatic rings. The minimum absolute atomic E-state index is 0.583. The molecule has 0 aliphatic carbocycles. The van der Waals surface area contributed by atoms with Crippen LogP contribution in [0.2, 0.25) is 0 Å². The van der Waals surface area contributed by atoms with E-state index >= 15 is 0 Å². The summed E-state index contributed by atoms with van der Waals surface area (Å²) in [6.45, 7) is 1.68. The first-order valence-corrected chi connectivity index (χ1v) is 3.38. The topological polar surface area (TPSA) is 63.1 Å². The Labute approximate surface area is 69.6 Å². The van der Waals surface area contributed by atoms with Crippen LogP contribution < -0.4 is 0 Å². The lowest BCUT2D eigenvalue weighted by atomic mass is 10.2. The van der Waals surface area contributed by atoms with Crippen molar-refractivity contribution in [2.24, 2.45) is 0 Å². The van der Waals surface area contributed by atoms with Gasteiger partial charge in [0.15, 0.2) is 0 Å². The van der Waals surface area contributed by atoms with E-state index in [4.69, 9.17) is 5.11 Å². The first-order chi connectivity index (χ1) is 5.70. The summed E-state index contributed by atoms with van der Waals surface area (Å²) < 4.78 is 0. The number of carbonyl (C=O) groups is 1. The second kappa shape index (κ2) is 3.61. The molecule has 12 heavy (non-hydrogen) atoms. The van der Waals surface area contributed by atoms with E-state index in [2.05, 4.69) is 9.97 Å². The Kier molecular flexibility index (Phi) is 2.53. The number of aromatic nitrogens is 2. The third-order valence-electron chi connectivity index (χ3n) is 1.31. The summed E-state index contributed by atoms with van der Waals surface area (Å²) in [4.78, 5) is 18.0. The SMILES string of the molecule is C/C(=C\C(=O)O)c1cnccn1. The van der Waals surface area contributed by atoms with Crippen molar-refractivity contribution >= 4 is 11.5 Å². The van der Waals surface area contributed by atoms with E-state index in [0.29, 0.717) is 11.3 Å². The molecule has 0 spiro atoms. The van der Waals surface area contributed by atoms with Crippen molar-refractivity contribution in [3.63, 3.8) is 0 Å². The number of carboxylic acids is 1. The van der Waals surface area contributed by atoms with Crippen LogP contribution in [0.3, 0.4) is 0 Å². The normalized spacial score (nSPS) is 11.2. The molecule has 1 heterocycles. The van der Waals surface area contributed by atoms with Crippen molar-refractivity contribution in [1.82, 2.24) is 9.97 Å². The smallest absolute Gasteiger partial charge is 0.328 e. The molecule has 0 amide bonds. The van der Waals surface area contributed by atoms with Gasteiger partial charge >= 0.3 is 5.97 Å². The number of carboxylic acid groups (broad SMARTS) is 1. The third kappa shape index (κ3) is 2.16. The molecule has 0 saturated carbocycles. The van der Waals surface area contributed by atoms with Gasteiger partial charge in [0.2, 0.25) is 0 Å². The molecule has 0 bridgehead atoms. The molecular formula is C8H8N2O2. The van der Waals surface area contributed by atoms with E-state index in [9.17, 15) is 4.79 Å². The van der Waals surface area contributed by atoms with Crippen LogP contribution in [0.4, 0.5) is 0 Å². The molecule has 1 rings (SSSR count). The minimum atomic E-state index is -0.974. The van der Waals surface area contributed by atoms with Gasteiger partial charge in [-0.1, -0.05) is 0 Å². The molecule has 0 atom stereocenters. The molecule has 0 aliphatic heterocycles. The number of nitrogens with zero attached hydrogens (tertiary/aromatic N) is 2. The average Bonchev–Trinajstić information content (AvgIpc) is 2.05. The Balaban J connectivity index is 2.93. The van der Waals surface area contributed by atoms with Gasteiger partial charge in [-0.15, -0.1) is 0 Å². The predicted molar refractivity (Wildman–Crippen MR) is 43.3 cm³/mol. The lowest BCUT2D eigenvalue weighted by Crippen LogP contribution is -1.92. The largest absolute Gasteiger partial charge is 0.478 e. The molecule has 4 heteroatoms. The summed E-state index contributed by atoms with van der Waals surface area (Å²) in [6, 6.07) is 0. The van der Waals surface area contributed by atoms with Crippen LogP contribution in [0.1, 0.15) is 12.6 Å². The van der Waals surface area contributed by atoms with Gasteiger partial charge in [-0.25, -0.2) is 4.79 Å². The van der Waals surface area contributed by atoms with Crippen LogP contribution in [0.5, 0.6) is 0 Å². The molecule has 0 radical (unpaired) electrons. The van der Waals surface area contributed by atoms with Crippen molar-refractivity contribution in [3.8, 4) is 0 Å². The molecule has 1 N–H and O–H groups in total. The predicted octanol–water partition coefficient (Wildman–Crippen LogP) is 0.964. The molecule has 0 aromatic carbocycles. The maximum absolute atomic E-state index is 10.3. The number of hydrogen-bond donors (Lipinski definition) is 1. The molecule has 62 valence electrons. The maximum atomic E-state index is 10.3. The summed E-state index contributed by atoms with van der Waals surface area (Å²) >= 11 is 0. The van der Waals surface area contributed by atoms with Gasteiger partial charge in [0.05, 0.1) is 11.9 Å². The van der Waals surface area contributed by atoms with Gasteiger partial charge in [-0.05, 0) is 12.5 Å². The zero-order valence-corrected chi connectivity index (χ0v) is 6.56. The summed E-state index contributed by atoms with van der Waals surface area (Å²) in [5.74, 6) is -0.974. The fourth-order valence-electron chi connectivity index (χ4n) is 0.762. The molecule has 1 aromatic heterocycles. The standard InChI is InChI=1S/C8H8N2O2/c1-6(4-8(11)12)7-5-9-2-3-10-7/h2-5H,1H3,(H,11,12)/b6-4+. The highest BCUT2D eigenvalue weighted by molar-refractivity contribution is 5.88. The number of allylic oxidation sites excluding steroid dienone is 1. The van der Waals surface area contributed by atoms with Crippen LogP contribution in [-0.2, 0) is 4.79 Å². The van der Waals surface area contributed by atoms with Crippen LogP contribution in [0.25, 0.3) is 5.57 Å². The molecule has 4 nitrogen and oxygen atoms in total. The van der Waals surface area contributed by atoms with Crippen molar-refractivity contribution in [3.05, 3.63) is 30.4 Å². The van der Waals surface area contributed by atoms with E-state index in [1.807, 2.05) is 0 Å². The molecule has 0 saturated heterocycles. The molecule has 1 aromatic rings. The van der Waals surface area contributed by atoms with E-state index in [-0.39, 0.29) is 0 Å². The lowest BCUT2D eigenvalue weighted by molar-refractivity contribution is -0.131. The van der Waals surface area contributed by atoms with Crippen molar-refractivity contribution in [1.29, 1.82) is 0 Å². The van der Waals surface area contributed by atoms with Crippen molar-refractivity contribution in [2.45, 2.75) is 6.92 Å². The van der Waals surface area contributed by atoms with E-state index in [1.165, 1.54) is 18.6 Å². The second-order valence-electron chi connectivity index (χ2n) is 2.26. The average molecular weight is 164 g/mol. The first-order valence-electron chi connectivity index (χ1n) is 3.38. The summed E-state index contributed by atoms with van der Waals surface area (Å²) in [7, 11) is 0. The Morgan fingerprint density at radius 2 is 2.33 bits per heavy atom. The van der Waals surface area contributed by atoms with Crippen molar-refractivity contribution in [2.75, 3.05) is 0 Å². The summed E-state index contributed by atoms with van der Waals surface area (Å²) in [6.07, 6.45) is 5.69. The van der Waals surface area contributed by atoms with Crippen molar-refractivity contribution < 1.29 is 9.90 Å². The van der Waals surface area contributed by atoms with Gasteiger partial charge in [0.25, 0.3) is 0 Å². The quantitative estimate of drug-likeness (QED) is 0.661. The van der Waals surface area contributed by atoms with Crippen LogP contribution in [0, 0.1) is 0 Å². The Morgan fingerprint density at radius 3 is 2.83 bits per heavy atom. The third-order valence-corrected chi connectivity index (χ3v) is 1.31. The summed E-state index contributed by atoms with van der Waals surface area (Å²) in [5, 5.41) is 8.42. The molecule has 0 unspecified atom stereocenters. The fourth-order valence-corrected chi connectivity index (χ4v) is 0.762. The highest BCUT2D eigenvalue weighted by Gasteiger charge is 1.98. The highest BCUT2D eigenvalue weighted by Crippen LogP contribution is 2.07. The minimum Gasteiger partial charge on any atom is -0.478 e. The molecular weight excluding hydrogens is 156 g/mol. The molecule has 0 fully saturated rings. The zero-order valence-electron chi connectivity index (χ0n) is 6.56. The first kappa shape index (κ1) is 8.39. The Morgan fingerprint density at radius 1 is 1.58 bits per heavy atom. The maximum Gasteiger partial charge on any atom is 0.328 e. The Hall–Kier alpha value is -1.71. The van der Waals surface area contributed by atoms with Gasteiger partial charge < -0.3 is 5.11 Å². The Bertz CT molecular complexity index is 306. The lowest BCUT2D eigenvalue weighted by Gasteiger charge is -1.95. The monoisotopic (exact) mass is 164 g/mol. The van der Waals surface area contributed by atoms with Crippen LogP contribution in [-0.4, -0.2) is 21.0 Å². The number of rotatable bonds is 2. The van der Waals surface area contributed by atoms with E-state index < -0.39 is 5.97 Å². The fraction of sp³-hybridized carbons (Fsp3) is 0.125. The van der Waals surface area contributed by atoms with Gasteiger partial charge in [0, 0.05) is 18.5 Å². The van der Waals surface area contributed by atoms with Gasteiger partial charge in [-0.2, -0.15) is 0 Å². The second-order valence-corrected chi connectivity index (χ2v) is 2.26. The highest BCUT2D eigenvalue weighted by atomic mass is 16.4. The number of hydrogen-bond acceptors (Lipinski definition) is 3. The van der Waals surface area contributed by atoms with Gasteiger partial charge in [-0.3, -0.25) is 9.97 Å². The number of aliphatic carboxylic acids is 1. The van der Waals surface area contributed by atoms with Crippen LogP contribution >= 0.6 is 0 Å². The summed E-state index contributed by atoms with van der Waals surface area (Å²) in [5.41, 5.74) is 1.18. The van der Waals surface area contributed by atoms with Crippen LogP contribution in [0.15, 0.2) is 24.7 Å². The zero-order chi connectivity index (χ0) is 8.97. The van der Waals surface area contributed by atoms with E-state index in [1.54, 1.807) is 6.92 Å². The van der Waals surface area contributed by atoms with Gasteiger partial charge in [0.1, 0.15) is 0 Å². The van der Waals surface area contributed by atoms with E-state index in [0.717, 1.165) is 6.08 Å².